The molecule has 0 spiro atoms. The van der Waals surface area contributed by atoms with Crippen molar-refractivity contribution in [1.82, 2.24) is 0 Å². The third-order valence-corrected chi connectivity index (χ3v) is 3.72. The lowest BCUT2D eigenvalue weighted by Gasteiger charge is -2.09. The second-order valence-electron chi connectivity index (χ2n) is 5.08. The molecule has 0 radical (unpaired) electrons. The van der Waals surface area contributed by atoms with Crippen molar-refractivity contribution in [3.8, 4) is 17.2 Å². The van der Waals surface area contributed by atoms with E-state index in [4.69, 9.17) is 9.47 Å². The summed E-state index contributed by atoms with van der Waals surface area (Å²) in [6.45, 7) is 4.86. The Hall–Kier alpha value is -3.00. The molecule has 0 atom stereocenters. The second kappa shape index (κ2) is 6.01. The van der Waals surface area contributed by atoms with Crippen molar-refractivity contribution in [2.24, 2.45) is 0 Å². The van der Waals surface area contributed by atoms with Crippen LogP contribution >= 0.6 is 0 Å². The average molecular weight is 309 g/mol. The largest absolute Gasteiger partial charge is 0.507 e. The van der Waals surface area contributed by atoms with Crippen LogP contribution in [-0.4, -0.2) is 18.3 Å². The third-order valence-electron chi connectivity index (χ3n) is 3.72. The van der Waals surface area contributed by atoms with E-state index >= 15 is 0 Å². The maximum atomic E-state index is 10.6. The highest BCUT2D eigenvalue weighted by atomic mass is 16.5. The summed E-state index contributed by atoms with van der Waals surface area (Å²) in [6.07, 6.45) is 0. The first-order valence-corrected chi connectivity index (χ1v) is 7.52. The number of rotatable bonds is 4. The summed E-state index contributed by atoms with van der Waals surface area (Å²) in [4.78, 5) is 3.45. The van der Waals surface area contributed by atoms with E-state index < -0.39 is 0 Å². The second-order valence-corrected chi connectivity index (χ2v) is 5.08. The maximum absolute atomic E-state index is 10.6. The molecule has 0 saturated heterocycles. The zero-order chi connectivity index (χ0) is 16.4. The van der Waals surface area contributed by atoms with Crippen molar-refractivity contribution in [1.29, 1.82) is 5.39 Å². The number of hydrogen-bond donors (Lipinski definition) is 1. The third kappa shape index (κ3) is 2.49. The fourth-order valence-electron chi connectivity index (χ4n) is 2.76. The first-order chi connectivity index (χ1) is 11.2. The molecule has 0 amide bonds. The summed E-state index contributed by atoms with van der Waals surface area (Å²) in [5, 5.41) is 22.6. The molecule has 116 valence electrons. The molecule has 3 aromatic rings. The summed E-state index contributed by atoms with van der Waals surface area (Å²) in [5.41, 5.74) is 0.385. The van der Waals surface area contributed by atoms with Gasteiger partial charge in [0.05, 0.1) is 24.0 Å². The molecule has 3 rings (SSSR count). The topological polar surface area (TPSA) is 66.8 Å². The molecule has 0 heterocycles. The van der Waals surface area contributed by atoms with Gasteiger partial charge in [0, 0.05) is 10.8 Å². The number of phenolic OH excluding ortho intramolecular Hbond substituents is 1. The molecule has 5 heteroatoms. The van der Waals surface area contributed by atoms with Crippen LogP contribution in [0.4, 0.5) is 5.69 Å². The van der Waals surface area contributed by atoms with Crippen LogP contribution in [-0.2, 0) is 0 Å². The number of diazo groups is 1. The van der Waals surface area contributed by atoms with E-state index in [0.717, 1.165) is 0 Å². The highest BCUT2D eigenvalue weighted by Crippen LogP contribution is 2.44. The first-order valence-electron chi connectivity index (χ1n) is 7.52. The highest BCUT2D eigenvalue weighted by molar-refractivity contribution is 6.16. The standard InChI is InChI=1S/C18H16N2O3/c1-3-22-11-5-7-13-15(9-11)17(20-19)16-10-12(23-4-2)6-8-14(16)18(13)21/h5-10H,3-4H2,1-2H3/p+1. The van der Waals surface area contributed by atoms with Crippen molar-refractivity contribution in [3.63, 3.8) is 0 Å². The van der Waals surface area contributed by atoms with Gasteiger partial charge in [-0.25, -0.2) is 0 Å². The number of aromatic hydroxyl groups is 1. The van der Waals surface area contributed by atoms with Gasteiger partial charge in [0.15, 0.2) is 4.98 Å². The van der Waals surface area contributed by atoms with Crippen LogP contribution in [0.1, 0.15) is 13.8 Å². The van der Waals surface area contributed by atoms with Gasteiger partial charge >= 0.3 is 5.69 Å². The molecular weight excluding hydrogens is 292 g/mol. The van der Waals surface area contributed by atoms with E-state index in [2.05, 4.69) is 4.98 Å². The summed E-state index contributed by atoms with van der Waals surface area (Å²) < 4.78 is 11.0. The minimum atomic E-state index is 0.147. The Morgan fingerprint density at radius 2 is 1.35 bits per heavy atom. The van der Waals surface area contributed by atoms with E-state index in [-0.39, 0.29) is 5.75 Å². The van der Waals surface area contributed by atoms with Crippen LogP contribution in [0.2, 0.25) is 0 Å². The monoisotopic (exact) mass is 309 g/mol. The predicted molar refractivity (Wildman–Crippen MR) is 90.2 cm³/mol. The molecule has 1 N–H and O–H groups in total. The smallest absolute Gasteiger partial charge is 0.401 e. The fraction of sp³-hybridized carbons (Fsp3) is 0.222. The molecular formula is C18H17N2O3+. The zero-order valence-corrected chi connectivity index (χ0v) is 13.0. The molecule has 0 saturated carbocycles. The molecule has 0 aromatic heterocycles. The molecule has 23 heavy (non-hydrogen) atoms. The van der Waals surface area contributed by atoms with Gasteiger partial charge in [-0.1, -0.05) is 0 Å². The first kappa shape index (κ1) is 14.9. The molecule has 3 aromatic carbocycles. The molecule has 0 fully saturated rings. The van der Waals surface area contributed by atoms with Gasteiger partial charge in [-0.3, -0.25) is 0 Å². The minimum absolute atomic E-state index is 0.147. The Bertz CT molecular complexity index is 862. The van der Waals surface area contributed by atoms with Crippen LogP contribution < -0.4 is 9.47 Å². The van der Waals surface area contributed by atoms with Gasteiger partial charge in [0.1, 0.15) is 17.2 Å². The number of ether oxygens (including phenoxy) is 2. The predicted octanol–water partition coefficient (Wildman–Crippen LogP) is 4.98. The number of benzene rings is 3. The molecule has 0 bridgehead atoms. The van der Waals surface area contributed by atoms with Crippen molar-refractivity contribution in [2.45, 2.75) is 13.8 Å². The van der Waals surface area contributed by atoms with Crippen LogP contribution in [0.25, 0.3) is 26.5 Å². The summed E-state index contributed by atoms with van der Waals surface area (Å²) in [7, 11) is 0. The molecule has 0 aliphatic rings. The normalized spacial score (nSPS) is 10.7. The van der Waals surface area contributed by atoms with Crippen molar-refractivity contribution < 1.29 is 14.6 Å². The summed E-state index contributed by atoms with van der Waals surface area (Å²) in [5.74, 6) is 1.46. The lowest BCUT2D eigenvalue weighted by atomic mass is 9.99. The number of fused-ring (bicyclic) bond motifs is 2. The van der Waals surface area contributed by atoms with E-state index in [1.165, 1.54) is 0 Å². The minimum Gasteiger partial charge on any atom is -0.507 e. The highest BCUT2D eigenvalue weighted by Gasteiger charge is 2.23. The maximum Gasteiger partial charge on any atom is 0.401 e. The molecule has 0 aliphatic carbocycles. The SMILES string of the molecule is CCOc1ccc2c(O)c3ccc(OCC)cc3c([N+]#N)c2c1. The summed E-state index contributed by atoms with van der Waals surface area (Å²) >= 11 is 0. The summed E-state index contributed by atoms with van der Waals surface area (Å²) in [6, 6.07) is 10.6. The molecule has 0 aliphatic heterocycles. The van der Waals surface area contributed by atoms with Crippen LogP contribution in [0, 0.1) is 5.39 Å². The Morgan fingerprint density at radius 1 is 0.870 bits per heavy atom. The zero-order valence-electron chi connectivity index (χ0n) is 13.0. The van der Waals surface area contributed by atoms with E-state index in [0.29, 0.717) is 51.9 Å². The van der Waals surface area contributed by atoms with Crippen LogP contribution in [0.15, 0.2) is 36.4 Å². The van der Waals surface area contributed by atoms with E-state index in [1.807, 2.05) is 13.8 Å². The number of hydrogen-bond acceptors (Lipinski definition) is 4. The number of nitrogens with zero attached hydrogens (tertiary/aromatic N) is 2. The Labute approximate surface area is 133 Å². The van der Waals surface area contributed by atoms with Crippen molar-refractivity contribution in [3.05, 3.63) is 41.4 Å². The lowest BCUT2D eigenvalue weighted by Crippen LogP contribution is -1.92. The lowest BCUT2D eigenvalue weighted by molar-refractivity contribution is 0.340. The molecule has 0 unspecified atom stereocenters. The van der Waals surface area contributed by atoms with E-state index in [1.54, 1.807) is 36.4 Å². The van der Waals surface area contributed by atoms with Crippen LogP contribution in [0.3, 0.4) is 0 Å². The van der Waals surface area contributed by atoms with Crippen LogP contribution in [0.5, 0.6) is 17.2 Å². The van der Waals surface area contributed by atoms with Gasteiger partial charge in [-0.2, -0.15) is 0 Å². The number of phenols is 1. The average Bonchev–Trinajstić information content (AvgIpc) is 2.56. The van der Waals surface area contributed by atoms with Gasteiger partial charge < -0.3 is 14.6 Å². The van der Waals surface area contributed by atoms with Gasteiger partial charge in [-0.05, 0) is 50.2 Å². The Balaban J connectivity index is 2.38. The van der Waals surface area contributed by atoms with Crippen molar-refractivity contribution in [2.75, 3.05) is 13.2 Å². The van der Waals surface area contributed by atoms with Crippen molar-refractivity contribution >= 4 is 27.2 Å². The Morgan fingerprint density at radius 3 is 1.74 bits per heavy atom. The molecule has 5 nitrogen and oxygen atoms in total. The quantitative estimate of drug-likeness (QED) is 0.545. The fourth-order valence-corrected chi connectivity index (χ4v) is 2.76. The van der Waals surface area contributed by atoms with Gasteiger partial charge in [0.25, 0.3) is 0 Å². The van der Waals surface area contributed by atoms with E-state index in [9.17, 15) is 10.5 Å². The Kier molecular flexibility index (Phi) is 3.90. The van der Waals surface area contributed by atoms with Gasteiger partial charge in [-0.15, -0.1) is 0 Å². The van der Waals surface area contributed by atoms with Gasteiger partial charge in [0.2, 0.25) is 5.39 Å².